The Balaban J connectivity index is 1.81. The Hall–Kier alpha value is -2.87. The summed E-state index contributed by atoms with van der Waals surface area (Å²) in [7, 11) is 1.62. The van der Waals surface area contributed by atoms with Crippen LogP contribution < -0.4 is 9.47 Å². The van der Waals surface area contributed by atoms with Crippen LogP contribution in [0.25, 0.3) is 0 Å². The molecule has 2 aromatic heterocycles. The van der Waals surface area contributed by atoms with Gasteiger partial charge in [0.1, 0.15) is 18.1 Å². The fourth-order valence-electron chi connectivity index (χ4n) is 3.22. The molecule has 148 valence electrons. The van der Waals surface area contributed by atoms with E-state index in [1.54, 1.807) is 11.8 Å². The molecule has 0 aliphatic heterocycles. The summed E-state index contributed by atoms with van der Waals surface area (Å²) in [4.78, 5) is 0. The zero-order chi connectivity index (χ0) is 20.3. The Morgan fingerprint density at radius 1 is 1.25 bits per heavy atom. The van der Waals surface area contributed by atoms with E-state index in [1.807, 2.05) is 30.5 Å². The van der Waals surface area contributed by atoms with E-state index in [1.165, 1.54) is 11.4 Å². The van der Waals surface area contributed by atoms with Gasteiger partial charge in [-0.15, -0.1) is 0 Å². The van der Waals surface area contributed by atoms with E-state index in [4.69, 9.17) is 21.7 Å². The second kappa shape index (κ2) is 8.43. The van der Waals surface area contributed by atoms with Gasteiger partial charge in [-0.3, -0.25) is 0 Å². The van der Waals surface area contributed by atoms with Gasteiger partial charge in [-0.25, -0.2) is 5.10 Å². The lowest BCUT2D eigenvalue weighted by molar-refractivity contribution is 0.288. The van der Waals surface area contributed by atoms with Crippen LogP contribution in [0.3, 0.4) is 0 Å². The molecule has 3 aromatic rings. The average molecular weight is 400 g/mol. The number of aryl methyl sites for hydroxylation is 1. The summed E-state index contributed by atoms with van der Waals surface area (Å²) in [6.45, 7) is 8.75. The summed E-state index contributed by atoms with van der Waals surface area (Å²) in [6.07, 6.45) is 1.81. The monoisotopic (exact) mass is 399 g/mol. The van der Waals surface area contributed by atoms with Crippen LogP contribution in [0.2, 0.25) is 0 Å². The van der Waals surface area contributed by atoms with Gasteiger partial charge in [0.2, 0.25) is 4.77 Å². The summed E-state index contributed by atoms with van der Waals surface area (Å²) in [6, 6.07) is 9.92. The quantitative estimate of drug-likeness (QED) is 0.472. The van der Waals surface area contributed by atoms with Crippen molar-refractivity contribution in [1.82, 2.24) is 19.4 Å². The molecule has 8 heteroatoms. The minimum Gasteiger partial charge on any atom is -0.497 e. The van der Waals surface area contributed by atoms with Crippen LogP contribution in [-0.2, 0) is 6.61 Å². The van der Waals surface area contributed by atoms with Gasteiger partial charge < -0.3 is 14.0 Å². The van der Waals surface area contributed by atoms with E-state index in [9.17, 15) is 0 Å². The SMILES string of the molecule is COc1cccc(OCc2n[nH]c(=S)n2/N=C\c2cc(C)n(C(C)C)c2C)c1. The van der Waals surface area contributed by atoms with Gasteiger partial charge in [0.25, 0.3) is 0 Å². The summed E-state index contributed by atoms with van der Waals surface area (Å²) >= 11 is 5.31. The van der Waals surface area contributed by atoms with E-state index in [0.29, 0.717) is 22.4 Å². The van der Waals surface area contributed by atoms with Crippen LogP contribution in [0, 0.1) is 18.6 Å². The van der Waals surface area contributed by atoms with Gasteiger partial charge >= 0.3 is 0 Å². The number of nitrogens with one attached hydrogen (secondary N) is 1. The molecule has 0 saturated carbocycles. The van der Waals surface area contributed by atoms with Crippen molar-refractivity contribution in [1.29, 1.82) is 0 Å². The lowest BCUT2D eigenvalue weighted by Gasteiger charge is -2.13. The molecule has 1 aromatic carbocycles. The molecule has 28 heavy (non-hydrogen) atoms. The first-order valence-electron chi connectivity index (χ1n) is 9.06. The van der Waals surface area contributed by atoms with Crippen molar-refractivity contribution >= 4 is 18.4 Å². The normalized spacial score (nSPS) is 11.5. The van der Waals surface area contributed by atoms with Crippen LogP contribution in [0.4, 0.5) is 0 Å². The van der Waals surface area contributed by atoms with Gasteiger partial charge in [-0.05, 0) is 58.1 Å². The third kappa shape index (κ3) is 4.17. The third-order valence-electron chi connectivity index (χ3n) is 4.48. The molecule has 0 amide bonds. The fourth-order valence-corrected chi connectivity index (χ4v) is 3.42. The molecule has 0 spiro atoms. The Morgan fingerprint density at radius 3 is 2.68 bits per heavy atom. The van der Waals surface area contributed by atoms with Gasteiger partial charge in [0, 0.05) is 29.1 Å². The number of aromatic amines is 1. The van der Waals surface area contributed by atoms with Gasteiger partial charge in [-0.2, -0.15) is 14.9 Å². The van der Waals surface area contributed by atoms with E-state index in [2.05, 4.69) is 53.6 Å². The lowest BCUT2D eigenvalue weighted by Crippen LogP contribution is -2.06. The van der Waals surface area contributed by atoms with Gasteiger partial charge in [-0.1, -0.05) is 6.07 Å². The fraction of sp³-hybridized carbons (Fsp3) is 0.350. The second-order valence-corrected chi connectivity index (χ2v) is 7.15. The number of benzene rings is 1. The summed E-state index contributed by atoms with van der Waals surface area (Å²) < 4.78 is 15.3. The smallest absolute Gasteiger partial charge is 0.216 e. The summed E-state index contributed by atoms with van der Waals surface area (Å²) in [5.74, 6) is 2.00. The molecule has 0 bridgehead atoms. The van der Waals surface area contributed by atoms with Crippen molar-refractivity contribution < 1.29 is 9.47 Å². The molecule has 0 saturated heterocycles. The molecule has 0 radical (unpaired) electrons. The van der Waals surface area contributed by atoms with E-state index < -0.39 is 0 Å². The molecular formula is C20H25N5O2S. The first-order valence-corrected chi connectivity index (χ1v) is 9.47. The number of H-pyrrole nitrogens is 1. The highest BCUT2D eigenvalue weighted by molar-refractivity contribution is 7.71. The number of rotatable bonds is 7. The maximum absolute atomic E-state index is 5.81. The van der Waals surface area contributed by atoms with Crippen molar-refractivity contribution in [2.45, 2.75) is 40.3 Å². The highest BCUT2D eigenvalue weighted by atomic mass is 32.1. The van der Waals surface area contributed by atoms with Crippen molar-refractivity contribution in [3.05, 3.63) is 57.9 Å². The molecule has 3 rings (SSSR count). The lowest BCUT2D eigenvalue weighted by atomic mass is 10.2. The Kier molecular flexibility index (Phi) is 5.99. The minimum atomic E-state index is 0.225. The first-order chi connectivity index (χ1) is 13.4. The number of hydrogen-bond acceptors (Lipinski definition) is 5. The van der Waals surface area contributed by atoms with Crippen molar-refractivity contribution in [2.75, 3.05) is 7.11 Å². The van der Waals surface area contributed by atoms with Crippen LogP contribution >= 0.6 is 12.2 Å². The summed E-state index contributed by atoms with van der Waals surface area (Å²) in [5, 5.41) is 11.5. The van der Waals surface area contributed by atoms with Crippen molar-refractivity contribution in [3.8, 4) is 11.5 Å². The van der Waals surface area contributed by atoms with Crippen molar-refractivity contribution in [2.24, 2.45) is 5.10 Å². The molecule has 0 aliphatic carbocycles. The molecule has 2 heterocycles. The molecule has 0 aliphatic rings. The predicted molar refractivity (Wildman–Crippen MR) is 112 cm³/mol. The molecule has 1 N–H and O–H groups in total. The van der Waals surface area contributed by atoms with E-state index in [0.717, 1.165) is 11.3 Å². The van der Waals surface area contributed by atoms with E-state index in [-0.39, 0.29) is 6.61 Å². The highest BCUT2D eigenvalue weighted by Crippen LogP contribution is 2.20. The number of aromatic nitrogens is 4. The maximum atomic E-state index is 5.81. The van der Waals surface area contributed by atoms with Crippen molar-refractivity contribution in [3.63, 3.8) is 0 Å². The average Bonchev–Trinajstić information content (AvgIpc) is 3.16. The van der Waals surface area contributed by atoms with Crippen LogP contribution in [-0.4, -0.2) is 32.8 Å². The molecule has 0 atom stereocenters. The van der Waals surface area contributed by atoms with Gasteiger partial charge in [0.05, 0.1) is 13.3 Å². The molecule has 0 unspecified atom stereocenters. The topological polar surface area (TPSA) is 69.4 Å². The van der Waals surface area contributed by atoms with Gasteiger partial charge in [0.15, 0.2) is 5.82 Å². The molecular weight excluding hydrogens is 374 g/mol. The third-order valence-corrected chi connectivity index (χ3v) is 4.74. The highest BCUT2D eigenvalue weighted by Gasteiger charge is 2.11. The molecule has 7 nitrogen and oxygen atoms in total. The molecule has 0 fully saturated rings. The number of hydrogen-bond donors (Lipinski definition) is 1. The first kappa shape index (κ1) is 19.9. The zero-order valence-electron chi connectivity index (χ0n) is 16.8. The van der Waals surface area contributed by atoms with Crippen LogP contribution in [0.1, 0.15) is 42.7 Å². The summed E-state index contributed by atoms with van der Waals surface area (Å²) in [5.41, 5.74) is 3.42. The Bertz CT molecular complexity index is 1050. The minimum absolute atomic E-state index is 0.225. The number of ether oxygens (including phenoxy) is 2. The second-order valence-electron chi connectivity index (χ2n) is 6.76. The van der Waals surface area contributed by atoms with Crippen LogP contribution in [0.15, 0.2) is 35.4 Å². The van der Waals surface area contributed by atoms with Crippen LogP contribution in [0.5, 0.6) is 11.5 Å². The Labute approximate surface area is 169 Å². The predicted octanol–water partition coefficient (Wildman–Crippen LogP) is 4.41. The zero-order valence-corrected chi connectivity index (χ0v) is 17.6. The number of methoxy groups -OCH3 is 1. The number of nitrogens with zero attached hydrogens (tertiary/aromatic N) is 4. The largest absolute Gasteiger partial charge is 0.497 e. The maximum Gasteiger partial charge on any atom is 0.216 e. The Morgan fingerprint density at radius 2 is 2.00 bits per heavy atom. The van der Waals surface area contributed by atoms with E-state index >= 15 is 0 Å². The standard InChI is InChI=1S/C20H25N5O2S/c1-13(2)24-14(3)9-16(15(24)4)11-21-25-19(22-23-20(25)28)12-27-18-8-6-7-17(10-18)26-5/h6-11,13H,12H2,1-5H3,(H,23,28)/b21-11-.